The number of thiazole rings is 1. The zero-order valence-corrected chi connectivity index (χ0v) is 12.9. The summed E-state index contributed by atoms with van der Waals surface area (Å²) in [7, 11) is 1.31. The Kier molecular flexibility index (Phi) is 5.91. The quantitative estimate of drug-likeness (QED) is 0.827. The Labute approximate surface area is 132 Å². The fraction of sp³-hybridized carbons (Fsp3) is 0.267. The van der Waals surface area contributed by atoms with Crippen LogP contribution in [0, 0.1) is 0 Å². The summed E-state index contributed by atoms with van der Waals surface area (Å²) < 4.78 is 9.74. The van der Waals surface area contributed by atoms with E-state index in [1.165, 1.54) is 18.4 Å². The number of carbonyl (C=O) groups is 2. The second kappa shape index (κ2) is 8.14. The third kappa shape index (κ3) is 4.56. The minimum atomic E-state index is -0.493. The van der Waals surface area contributed by atoms with Gasteiger partial charge in [0.05, 0.1) is 12.6 Å². The molecule has 0 radical (unpaired) electrons. The van der Waals surface area contributed by atoms with Crippen molar-refractivity contribution >= 4 is 23.4 Å². The summed E-state index contributed by atoms with van der Waals surface area (Å²) in [6.07, 6.45) is 0.00297. The molecule has 1 aromatic carbocycles. The van der Waals surface area contributed by atoms with E-state index in [0.29, 0.717) is 18.7 Å². The van der Waals surface area contributed by atoms with Crippen LogP contribution in [-0.4, -0.2) is 30.7 Å². The van der Waals surface area contributed by atoms with Crippen LogP contribution in [-0.2, 0) is 22.5 Å². The molecule has 2 aromatic rings. The lowest BCUT2D eigenvalue weighted by Crippen LogP contribution is -2.26. The van der Waals surface area contributed by atoms with Gasteiger partial charge in [-0.3, -0.25) is 0 Å². The largest absolute Gasteiger partial charge is 0.464 e. The zero-order chi connectivity index (χ0) is 15.8. The Hall–Kier alpha value is -2.41. The molecule has 22 heavy (non-hydrogen) atoms. The van der Waals surface area contributed by atoms with Crippen molar-refractivity contribution in [3.63, 3.8) is 0 Å². The van der Waals surface area contributed by atoms with Crippen LogP contribution in [0.4, 0.5) is 4.79 Å². The number of nitrogens with one attached hydrogen (secondary N) is 1. The molecule has 0 aliphatic heterocycles. The number of rotatable bonds is 6. The van der Waals surface area contributed by atoms with Gasteiger partial charge in [0.25, 0.3) is 0 Å². The second-order valence-electron chi connectivity index (χ2n) is 4.35. The number of nitrogens with zero attached hydrogens (tertiary/aromatic N) is 1. The standard InChI is InChI=1S/C15H16N2O4S/c1-20-14(18)13-12(22-10-17-13)7-8-16-15(19)21-9-11-5-3-2-4-6-11/h2-6,10H,7-9H2,1H3,(H,16,19). The number of amides is 1. The maximum absolute atomic E-state index is 11.6. The van der Waals surface area contributed by atoms with Crippen LogP contribution in [0.5, 0.6) is 0 Å². The highest BCUT2D eigenvalue weighted by Gasteiger charge is 2.15. The summed E-state index contributed by atoms with van der Waals surface area (Å²) in [5.41, 5.74) is 2.80. The van der Waals surface area contributed by atoms with Crippen LogP contribution in [0.1, 0.15) is 20.9 Å². The van der Waals surface area contributed by atoms with Crippen molar-refractivity contribution in [1.82, 2.24) is 10.3 Å². The third-order valence-electron chi connectivity index (χ3n) is 2.85. The molecule has 1 heterocycles. The number of aromatic nitrogens is 1. The van der Waals surface area contributed by atoms with Crippen molar-refractivity contribution in [3.8, 4) is 0 Å². The van der Waals surface area contributed by atoms with E-state index < -0.39 is 12.1 Å². The Morgan fingerprint density at radius 1 is 1.27 bits per heavy atom. The number of carbonyl (C=O) groups excluding carboxylic acids is 2. The summed E-state index contributed by atoms with van der Waals surface area (Å²) >= 11 is 1.35. The Morgan fingerprint density at radius 2 is 2.05 bits per heavy atom. The van der Waals surface area contributed by atoms with Crippen molar-refractivity contribution in [1.29, 1.82) is 0 Å². The number of methoxy groups -OCH3 is 1. The number of benzene rings is 1. The molecule has 0 bridgehead atoms. The first-order valence-corrected chi connectivity index (χ1v) is 7.54. The van der Waals surface area contributed by atoms with Gasteiger partial charge in [-0.2, -0.15) is 0 Å². The molecule has 2 rings (SSSR count). The Bertz CT molecular complexity index is 627. The van der Waals surface area contributed by atoms with Crippen molar-refractivity contribution < 1.29 is 19.1 Å². The minimum absolute atomic E-state index is 0.223. The van der Waals surface area contributed by atoms with Gasteiger partial charge < -0.3 is 14.8 Å². The van der Waals surface area contributed by atoms with Gasteiger partial charge in [0.2, 0.25) is 0 Å². The van der Waals surface area contributed by atoms with Gasteiger partial charge in [-0.05, 0) is 5.56 Å². The average Bonchev–Trinajstić information content (AvgIpc) is 3.01. The summed E-state index contributed by atoms with van der Waals surface area (Å²) in [6, 6.07) is 9.43. The summed E-state index contributed by atoms with van der Waals surface area (Å²) in [5, 5.41) is 2.64. The first-order valence-electron chi connectivity index (χ1n) is 6.66. The number of ether oxygens (including phenoxy) is 2. The van der Waals surface area contributed by atoms with E-state index in [9.17, 15) is 9.59 Å². The highest BCUT2D eigenvalue weighted by atomic mass is 32.1. The van der Waals surface area contributed by atoms with E-state index in [1.54, 1.807) is 5.51 Å². The molecular formula is C15H16N2O4S. The third-order valence-corrected chi connectivity index (χ3v) is 3.75. The summed E-state index contributed by atoms with van der Waals surface area (Å²) in [4.78, 5) is 27.8. The van der Waals surface area contributed by atoms with Crippen molar-refractivity contribution in [2.45, 2.75) is 13.0 Å². The molecule has 0 fully saturated rings. The van der Waals surface area contributed by atoms with Gasteiger partial charge in [-0.25, -0.2) is 14.6 Å². The fourth-order valence-corrected chi connectivity index (χ4v) is 2.52. The van der Waals surface area contributed by atoms with Gasteiger partial charge in [-0.15, -0.1) is 11.3 Å². The number of alkyl carbamates (subject to hydrolysis) is 1. The molecule has 1 amide bonds. The van der Waals surface area contributed by atoms with Gasteiger partial charge >= 0.3 is 12.1 Å². The van der Waals surface area contributed by atoms with Crippen LogP contribution >= 0.6 is 11.3 Å². The second-order valence-corrected chi connectivity index (χ2v) is 5.29. The molecule has 116 valence electrons. The summed E-state index contributed by atoms with van der Waals surface area (Å²) in [5.74, 6) is -0.470. The van der Waals surface area contributed by atoms with Crippen LogP contribution in [0.15, 0.2) is 35.8 Å². The van der Waals surface area contributed by atoms with Crippen LogP contribution < -0.4 is 5.32 Å². The molecule has 7 heteroatoms. The molecule has 1 aromatic heterocycles. The maximum atomic E-state index is 11.6. The minimum Gasteiger partial charge on any atom is -0.464 e. The molecule has 0 saturated heterocycles. The van der Waals surface area contributed by atoms with Gasteiger partial charge in [0, 0.05) is 17.8 Å². The van der Waals surface area contributed by atoms with E-state index in [0.717, 1.165) is 10.4 Å². The fourth-order valence-electron chi connectivity index (χ4n) is 1.76. The topological polar surface area (TPSA) is 77.5 Å². The van der Waals surface area contributed by atoms with E-state index in [4.69, 9.17) is 4.74 Å². The van der Waals surface area contributed by atoms with E-state index >= 15 is 0 Å². The van der Waals surface area contributed by atoms with Gasteiger partial charge in [0.15, 0.2) is 5.69 Å². The maximum Gasteiger partial charge on any atom is 0.407 e. The van der Waals surface area contributed by atoms with E-state index in [2.05, 4.69) is 15.0 Å². The first kappa shape index (κ1) is 16.0. The Balaban J connectivity index is 1.73. The molecule has 0 unspecified atom stereocenters. The molecule has 0 aliphatic carbocycles. The predicted octanol–water partition coefficient (Wildman–Crippen LogP) is 2.40. The van der Waals surface area contributed by atoms with Gasteiger partial charge in [-0.1, -0.05) is 30.3 Å². The lowest BCUT2D eigenvalue weighted by Gasteiger charge is -2.07. The average molecular weight is 320 g/mol. The molecule has 0 saturated carbocycles. The smallest absolute Gasteiger partial charge is 0.407 e. The summed E-state index contributed by atoms with van der Waals surface area (Å²) in [6.45, 7) is 0.584. The lowest BCUT2D eigenvalue weighted by molar-refractivity contribution is 0.0594. The predicted molar refractivity (Wildman–Crippen MR) is 81.8 cm³/mol. The zero-order valence-electron chi connectivity index (χ0n) is 12.1. The van der Waals surface area contributed by atoms with Crippen molar-refractivity contribution in [3.05, 3.63) is 52.0 Å². The number of esters is 1. The van der Waals surface area contributed by atoms with Crippen molar-refractivity contribution in [2.24, 2.45) is 0 Å². The lowest BCUT2D eigenvalue weighted by atomic mass is 10.2. The van der Waals surface area contributed by atoms with Crippen LogP contribution in [0.2, 0.25) is 0 Å². The normalized spacial score (nSPS) is 10.0. The van der Waals surface area contributed by atoms with Gasteiger partial charge in [0.1, 0.15) is 6.61 Å². The highest BCUT2D eigenvalue weighted by molar-refractivity contribution is 7.09. The molecular weight excluding hydrogens is 304 g/mol. The molecule has 1 N–H and O–H groups in total. The van der Waals surface area contributed by atoms with E-state index in [-0.39, 0.29) is 6.61 Å². The number of hydrogen-bond donors (Lipinski definition) is 1. The van der Waals surface area contributed by atoms with Crippen LogP contribution in [0.3, 0.4) is 0 Å². The molecule has 0 atom stereocenters. The first-order chi connectivity index (χ1) is 10.7. The highest BCUT2D eigenvalue weighted by Crippen LogP contribution is 2.14. The molecule has 0 aliphatic rings. The van der Waals surface area contributed by atoms with Crippen LogP contribution in [0.25, 0.3) is 0 Å². The number of hydrogen-bond acceptors (Lipinski definition) is 6. The molecule has 0 spiro atoms. The molecule has 6 nitrogen and oxygen atoms in total. The van der Waals surface area contributed by atoms with E-state index in [1.807, 2.05) is 30.3 Å². The van der Waals surface area contributed by atoms with Crippen molar-refractivity contribution in [2.75, 3.05) is 13.7 Å². The SMILES string of the molecule is COC(=O)c1ncsc1CCNC(=O)OCc1ccccc1. The monoisotopic (exact) mass is 320 g/mol. The Morgan fingerprint density at radius 3 is 2.77 bits per heavy atom.